The molecular formula is C11H10N2. The van der Waals surface area contributed by atoms with Gasteiger partial charge >= 0.3 is 0 Å². The van der Waals surface area contributed by atoms with Gasteiger partial charge in [0.1, 0.15) is 0 Å². The average molecular weight is 170 g/mol. The smallest absolute Gasteiger partial charge is 0.0931 e. The van der Waals surface area contributed by atoms with Gasteiger partial charge < -0.3 is 4.98 Å². The molecule has 1 aliphatic rings. The number of nitrogens with one attached hydrogen (secondary N) is 1. The van der Waals surface area contributed by atoms with Crippen molar-refractivity contribution < 1.29 is 0 Å². The molecule has 0 aliphatic heterocycles. The summed E-state index contributed by atoms with van der Waals surface area (Å²) in [6, 6.07) is 4.32. The Hall–Kier alpha value is -1.57. The van der Waals surface area contributed by atoms with Gasteiger partial charge in [0.15, 0.2) is 0 Å². The van der Waals surface area contributed by atoms with E-state index in [1.165, 1.54) is 10.4 Å². The van der Waals surface area contributed by atoms with E-state index in [0.717, 1.165) is 23.9 Å². The van der Waals surface area contributed by atoms with Gasteiger partial charge in [-0.25, -0.2) is 4.98 Å². The molecule has 64 valence electrons. The summed E-state index contributed by atoms with van der Waals surface area (Å²) in [5, 5.41) is 2.66. The van der Waals surface area contributed by atoms with Crippen LogP contribution in [-0.4, -0.2) is 9.97 Å². The molecule has 1 aliphatic carbocycles. The fourth-order valence-corrected chi connectivity index (χ4v) is 1.85. The molecule has 2 aromatic rings. The molecule has 1 aromatic carbocycles. The third-order valence-electron chi connectivity index (χ3n) is 2.52. The Kier molecular flexibility index (Phi) is 1.30. The van der Waals surface area contributed by atoms with Crippen LogP contribution in [0, 0.1) is 0 Å². The van der Waals surface area contributed by atoms with Crippen molar-refractivity contribution in [1.82, 2.24) is 9.97 Å². The van der Waals surface area contributed by atoms with Crippen molar-refractivity contribution in [3.63, 3.8) is 0 Å². The second-order valence-electron chi connectivity index (χ2n) is 3.39. The van der Waals surface area contributed by atoms with Crippen LogP contribution in [0.4, 0.5) is 0 Å². The zero-order chi connectivity index (χ0) is 8.67. The standard InChI is InChI=1S/C11H10N2/c1-2-4-9-6-11-10(12-7-13-11)5-8(9)3-1/h3-7H,1-2H2,(H,12,13). The van der Waals surface area contributed by atoms with Crippen LogP contribution in [-0.2, 0) is 0 Å². The Labute approximate surface area is 75.6 Å². The SMILES string of the molecule is C1=c2cc3nc[nH]c3cc2=CCC1. The van der Waals surface area contributed by atoms with E-state index >= 15 is 0 Å². The van der Waals surface area contributed by atoms with E-state index in [4.69, 9.17) is 0 Å². The van der Waals surface area contributed by atoms with Crippen LogP contribution in [0.25, 0.3) is 23.2 Å². The minimum Gasteiger partial charge on any atom is -0.345 e. The first kappa shape index (κ1) is 6.89. The van der Waals surface area contributed by atoms with Crippen LogP contribution in [0.3, 0.4) is 0 Å². The molecule has 0 saturated carbocycles. The molecule has 0 saturated heterocycles. The van der Waals surface area contributed by atoms with Crippen LogP contribution in [0.2, 0.25) is 0 Å². The fraction of sp³-hybridized carbons (Fsp3) is 0.182. The quantitative estimate of drug-likeness (QED) is 0.625. The highest BCUT2D eigenvalue weighted by molar-refractivity contribution is 5.75. The lowest BCUT2D eigenvalue weighted by Gasteiger charge is -1.98. The van der Waals surface area contributed by atoms with Crippen LogP contribution in [0.1, 0.15) is 12.8 Å². The molecular weight excluding hydrogens is 160 g/mol. The highest BCUT2D eigenvalue weighted by atomic mass is 14.9. The van der Waals surface area contributed by atoms with Gasteiger partial charge in [0, 0.05) is 0 Å². The van der Waals surface area contributed by atoms with Gasteiger partial charge in [-0.15, -0.1) is 0 Å². The Morgan fingerprint density at radius 3 is 2.69 bits per heavy atom. The van der Waals surface area contributed by atoms with Crippen molar-refractivity contribution in [2.45, 2.75) is 12.8 Å². The second kappa shape index (κ2) is 2.46. The average Bonchev–Trinajstić information content (AvgIpc) is 2.61. The summed E-state index contributed by atoms with van der Waals surface area (Å²) < 4.78 is 0. The van der Waals surface area contributed by atoms with Gasteiger partial charge in [0.2, 0.25) is 0 Å². The second-order valence-corrected chi connectivity index (χ2v) is 3.39. The summed E-state index contributed by atoms with van der Waals surface area (Å²) >= 11 is 0. The molecule has 1 aromatic heterocycles. The lowest BCUT2D eigenvalue weighted by atomic mass is 10.1. The van der Waals surface area contributed by atoms with Gasteiger partial charge in [0.25, 0.3) is 0 Å². The lowest BCUT2D eigenvalue weighted by molar-refractivity contribution is 1.12. The van der Waals surface area contributed by atoms with Crippen LogP contribution in [0.15, 0.2) is 18.5 Å². The van der Waals surface area contributed by atoms with Crippen molar-refractivity contribution in [1.29, 1.82) is 0 Å². The number of benzene rings is 1. The third-order valence-corrected chi connectivity index (χ3v) is 2.52. The van der Waals surface area contributed by atoms with E-state index in [-0.39, 0.29) is 0 Å². The highest BCUT2D eigenvalue weighted by Crippen LogP contribution is 2.03. The van der Waals surface area contributed by atoms with Gasteiger partial charge in [-0.3, -0.25) is 0 Å². The minimum atomic E-state index is 1.06. The number of fused-ring (bicyclic) bond motifs is 2. The van der Waals surface area contributed by atoms with E-state index in [2.05, 4.69) is 34.3 Å². The topological polar surface area (TPSA) is 28.7 Å². The summed E-state index contributed by atoms with van der Waals surface area (Å²) in [6.45, 7) is 0. The van der Waals surface area contributed by atoms with Gasteiger partial charge in [-0.2, -0.15) is 0 Å². The first-order valence-corrected chi connectivity index (χ1v) is 4.57. The minimum absolute atomic E-state index is 1.06. The van der Waals surface area contributed by atoms with Crippen LogP contribution >= 0.6 is 0 Å². The first-order chi connectivity index (χ1) is 6.43. The molecule has 0 bridgehead atoms. The number of imidazole rings is 1. The maximum absolute atomic E-state index is 4.24. The largest absolute Gasteiger partial charge is 0.345 e. The molecule has 13 heavy (non-hydrogen) atoms. The summed E-state index contributed by atoms with van der Waals surface area (Å²) in [4.78, 5) is 7.36. The van der Waals surface area contributed by atoms with E-state index in [1.807, 2.05) is 0 Å². The molecule has 2 nitrogen and oxygen atoms in total. The molecule has 1 heterocycles. The Bertz CT molecular complexity index is 513. The van der Waals surface area contributed by atoms with Gasteiger partial charge in [-0.1, -0.05) is 12.2 Å². The number of nitrogens with zero attached hydrogens (tertiary/aromatic N) is 1. The zero-order valence-electron chi connectivity index (χ0n) is 7.25. The zero-order valence-corrected chi connectivity index (χ0v) is 7.25. The third kappa shape index (κ3) is 0.985. The van der Waals surface area contributed by atoms with Crippen molar-refractivity contribution in [2.75, 3.05) is 0 Å². The number of H-pyrrole nitrogens is 1. The van der Waals surface area contributed by atoms with Crippen molar-refractivity contribution in [2.24, 2.45) is 0 Å². The lowest BCUT2D eigenvalue weighted by Crippen LogP contribution is -2.26. The number of aromatic amines is 1. The number of aromatic nitrogens is 2. The molecule has 0 spiro atoms. The normalized spacial score (nSPS) is 14.8. The van der Waals surface area contributed by atoms with Gasteiger partial charge in [0.05, 0.1) is 17.4 Å². The summed E-state index contributed by atoms with van der Waals surface area (Å²) in [5.74, 6) is 0. The van der Waals surface area contributed by atoms with Crippen LogP contribution in [0.5, 0.6) is 0 Å². The van der Waals surface area contributed by atoms with Crippen molar-refractivity contribution in [3.8, 4) is 0 Å². The maximum atomic E-state index is 4.24. The van der Waals surface area contributed by atoms with E-state index in [1.54, 1.807) is 6.33 Å². The molecule has 0 unspecified atom stereocenters. The van der Waals surface area contributed by atoms with Crippen molar-refractivity contribution >= 4 is 23.2 Å². The van der Waals surface area contributed by atoms with Crippen molar-refractivity contribution in [3.05, 3.63) is 28.9 Å². The molecule has 0 atom stereocenters. The Balaban J connectivity index is 2.55. The summed E-state index contributed by atoms with van der Waals surface area (Å²) in [5.41, 5.74) is 2.19. The molecule has 1 N–H and O–H groups in total. The molecule has 2 heteroatoms. The number of hydrogen-bond donors (Lipinski definition) is 1. The Morgan fingerprint density at radius 1 is 1.08 bits per heavy atom. The predicted molar refractivity (Wildman–Crippen MR) is 53.5 cm³/mol. The van der Waals surface area contributed by atoms with Crippen LogP contribution < -0.4 is 10.4 Å². The number of hydrogen-bond acceptors (Lipinski definition) is 1. The highest BCUT2D eigenvalue weighted by Gasteiger charge is 1.98. The summed E-state index contributed by atoms with van der Waals surface area (Å²) in [7, 11) is 0. The monoisotopic (exact) mass is 170 g/mol. The maximum Gasteiger partial charge on any atom is 0.0931 e. The van der Waals surface area contributed by atoms with E-state index < -0.39 is 0 Å². The molecule has 0 fully saturated rings. The molecule has 0 amide bonds. The molecule has 0 radical (unpaired) electrons. The fourth-order valence-electron chi connectivity index (χ4n) is 1.85. The molecule has 3 rings (SSSR count). The van der Waals surface area contributed by atoms with E-state index in [9.17, 15) is 0 Å². The first-order valence-electron chi connectivity index (χ1n) is 4.57. The summed E-state index contributed by atoms with van der Waals surface area (Å²) in [6.07, 6.45) is 8.63. The van der Waals surface area contributed by atoms with E-state index in [0.29, 0.717) is 0 Å². The number of rotatable bonds is 0. The Morgan fingerprint density at radius 2 is 1.85 bits per heavy atom. The van der Waals surface area contributed by atoms with Gasteiger partial charge in [-0.05, 0) is 35.4 Å². The predicted octanol–water partition coefficient (Wildman–Crippen LogP) is 0.918.